The van der Waals surface area contributed by atoms with Crippen LogP contribution in [0.1, 0.15) is 15.9 Å². The van der Waals surface area contributed by atoms with E-state index in [1.165, 1.54) is 0 Å². The Morgan fingerprint density at radius 3 is 2.50 bits per heavy atom. The summed E-state index contributed by atoms with van der Waals surface area (Å²) < 4.78 is 5.42. The molecule has 0 aliphatic rings. The van der Waals surface area contributed by atoms with Gasteiger partial charge in [0.2, 0.25) is 0 Å². The van der Waals surface area contributed by atoms with Gasteiger partial charge < -0.3 is 15.8 Å². The largest absolute Gasteiger partial charge is 0.484 e. The standard InChI is InChI=1S/C17H18N2O3/c1-12-3-2-4-15(9-12)22-11-17(21)19-14-7-5-13(6-8-14)16(20)10-18/h2-9H,10-11,18H2,1H3,(H,19,21). The number of hydrogen-bond donors (Lipinski definition) is 2. The first-order chi connectivity index (χ1) is 10.6. The Kier molecular flexibility index (Phi) is 5.27. The molecule has 0 bridgehead atoms. The third kappa shape index (κ3) is 4.43. The summed E-state index contributed by atoms with van der Waals surface area (Å²) in [6.45, 7) is 1.85. The van der Waals surface area contributed by atoms with Crippen LogP contribution in [0.15, 0.2) is 48.5 Å². The number of nitrogens with two attached hydrogens (primary N) is 1. The van der Waals surface area contributed by atoms with Gasteiger partial charge in [-0.3, -0.25) is 9.59 Å². The molecule has 2 aromatic rings. The molecule has 1 amide bonds. The lowest BCUT2D eigenvalue weighted by Gasteiger charge is -2.08. The summed E-state index contributed by atoms with van der Waals surface area (Å²) in [5.74, 6) is 0.249. The van der Waals surface area contributed by atoms with Crippen molar-refractivity contribution in [3.63, 3.8) is 0 Å². The maximum atomic E-state index is 11.8. The van der Waals surface area contributed by atoms with E-state index in [-0.39, 0.29) is 24.8 Å². The minimum atomic E-state index is -0.264. The summed E-state index contributed by atoms with van der Waals surface area (Å²) in [7, 11) is 0. The summed E-state index contributed by atoms with van der Waals surface area (Å²) in [5.41, 5.74) is 7.49. The van der Waals surface area contributed by atoms with Crippen molar-refractivity contribution in [2.24, 2.45) is 5.73 Å². The number of rotatable bonds is 6. The fraction of sp³-hybridized carbons (Fsp3) is 0.176. The highest BCUT2D eigenvalue weighted by molar-refractivity contribution is 5.98. The van der Waals surface area contributed by atoms with Gasteiger partial charge in [0.05, 0.1) is 6.54 Å². The molecule has 0 atom stereocenters. The van der Waals surface area contributed by atoms with Gasteiger partial charge in [-0.2, -0.15) is 0 Å². The Hall–Kier alpha value is -2.66. The van der Waals surface area contributed by atoms with E-state index in [2.05, 4.69) is 5.32 Å². The first-order valence-corrected chi connectivity index (χ1v) is 6.91. The van der Waals surface area contributed by atoms with E-state index in [1.54, 1.807) is 30.3 Å². The zero-order chi connectivity index (χ0) is 15.9. The zero-order valence-corrected chi connectivity index (χ0v) is 12.3. The molecule has 114 valence electrons. The van der Waals surface area contributed by atoms with Crippen LogP contribution in [0, 0.1) is 6.92 Å². The first-order valence-electron chi connectivity index (χ1n) is 6.91. The van der Waals surface area contributed by atoms with E-state index in [0.29, 0.717) is 17.0 Å². The van der Waals surface area contributed by atoms with Crippen LogP contribution >= 0.6 is 0 Å². The fourth-order valence-corrected chi connectivity index (χ4v) is 1.91. The normalized spacial score (nSPS) is 10.1. The predicted molar refractivity (Wildman–Crippen MR) is 85.1 cm³/mol. The summed E-state index contributed by atoms with van der Waals surface area (Å²) in [6, 6.07) is 14.1. The number of ketones is 1. The number of hydrogen-bond acceptors (Lipinski definition) is 4. The van der Waals surface area contributed by atoms with Crippen molar-refractivity contribution < 1.29 is 14.3 Å². The van der Waals surface area contributed by atoms with Crippen molar-refractivity contribution in [2.45, 2.75) is 6.92 Å². The lowest BCUT2D eigenvalue weighted by Crippen LogP contribution is -2.20. The Morgan fingerprint density at radius 1 is 1.14 bits per heavy atom. The molecule has 2 rings (SSSR count). The van der Waals surface area contributed by atoms with Gasteiger partial charge in [0.1, 0.15) is 5.75 Å². The van der Waals surface area contributed by atoms with Crippen LogP contribution in [0.3, 0.4) is 0 Å². The highest BCUT2D eigenvalue weighted by Crippen LogP contribution is 2.13. The Bertz CT molecular complexity index is 666. The van der Waals surface area contributed by atoms with Crippen molar-refractivity contribution in [2.75, 3.05) is 18.5 Å². The molecule has 0 radical (unpaired) electrons. The van der Waals surface area contributed by atoms with Crippen molar-refractivity contribution in [1.29, 1.82) is 0 Å². The molecule has 0 spiro atoms. The summed E-state index contributed by atoms with van der Waals surface area (Å²) in [5, 5.41) is 2.70. The van der Waals surface area contributed by atoms with Crippen LogP contribution in [-0.2, 0) is 4.79 Å². The summed E-state index contributed by atoms with van der Waals surface area (Å²) in [4.78, 5) is 23.2. The van der Waals surface area contributed by atoms with Gasteiger partial charge in [0.25, 0.3) is 5.91 Å². The van der Waals surface area contributed by atoms with E-state index < -0.39 is 0 Å². The number of benzene rings is 2. The van der Waals surface area contributed by atoms with Gasteiger partial charge in [-0.25, -0.2) is 0 Å². The van der Waals surface area contributed by atoms with Crippen LogP contribution in [0.4, 0.5) is 5.69 Å². The van der Waals surface area contributed by atoms with Crippen molar-refractivity contribution in [3.8, 4) is 5.75 Å². The number of ether oxygens (including phenoxy) is 1. The second kappa shape index (κ2) is 7.38. The minimum Gasteiger partial charge on any atom is -0.484 e. The second-order valence-corrected chi connectivity index (χ2v) is 4.86. The van der Waals surface area contributed by atoms with Crippen molar-refractivity contribution in [1.82, 2.24) is 0 Å². The van der Waals surface area contributed by atoms with E-state index in [0.717, 1.165) is 5.56 Å². The highest BCUT2D eigenvalue weighted by atomic mass is 16.5. The molecule has 2 aromatic carbocycles. The summed E-state index contributed by atoms with van der Waals surface area (Å²) in [6.07, 6.45) is 0. The number of amides is 1. The van der Waals surface area contributed by atoms with E-state index in [4.69, 9.17) is 10.5 Å². The highest BCUT2D eigenvalue weighted by Gasteiger charge is 2.06. The van der Waals surface area contributed by atoms with Gasteiger partial charge >= 0.3 is 0 Å². The fourth-order valence-electron chi connectivity index (χ4n) is 1.91. The average Bonchev–Trinajstić information content (AvgIpc) is 2.53. The van der Waals surface area contributed by atoms with Crippen LogP contribution < -0.4 is 15.8 Å². The second-order valence-electron chi connectivity index (χ2n) is 4.86. The van der Waals surface area contributed by atoms with Gasteiger partial charge in [-0.05, 0) is 48.9 Å². The third-order valence-electron chi connectivity index (χ3n) is 3.04. The van der Waals surface area contributed by atoms with Crippen LogP contribution in [0.25, 0.3) is 0 Å². The van der Waals surface area contributed by atoms with Crippen LogP contribution in [-0.4, -0.2) is 24.8 Å². The molecule has 0 aromatic heterocycles. The number of nitrogens with one attached hydrogen (secondary N) is 1. The number of anilines is 1. The SMILES string of the molecule is Cc1cccc(OCC(=O)Nc2ccc(C(=O)CN)cc2)c1. The van der Waals surface area contributed by atoms with Gasteiger partial charge in [-0.15, -0.1) is 0 Å². The zero-order valence-electron chi connectivity index (χ0n) is 12.3. The monoisotopic (exact) mass is 298 g/mol. The molecule has 3 N–H and O–H groups in total. The first kappa shape index (κ1) is 15.7. The van der Waals surface area contributed by atoms with Crippen molar-refractivity contribution >= 4 is 17.4 Å². The summed E-state index contributed by atoms with van der Waals surface area (Å²) >= 11 is 0. The molecule has 0 saturated carbocycles. The Balaban J connectivity index is 1.88. The Morgan fingerprint density at radius 2 is 1.86 bits per heavy atom. The van der Waals surface area contributed by atoms with Gasteiger partial charge in [-0.1, -0.05) is 12.1 Å². The van der Waals surface area contributed by atoms with Crippen molar-refractivity contribution in [3.05, 3.63) is 59.7 Å². The smallest absolute Gasteiger partial charge is 0.262 e. The molecule has 0 aliphatic carbocycles. The molecule has 5 nitrogen and oxygen atoms in total. The van der Waals surface area contributed by atoms with Gasteiger partial charge in [0.15, 0.2) is 12.4 Å². The molecule has 0 heterocycles. The quantitative estimate of drug-likeness (QED) is 0.801. The van der Waals surface area contributed by atoms with E-state index in [9.17, 15) is 9.59 Å². The molecular weight excluding hydrogens is 280 g/mol. The van der Waals surface area contributed by atoms with Crippen LogP contribution in [0.2, 0.25) is 0 Å². The van der Waals surface area contributed by atoms with E-state index >= 15 is 0 Å². The van der Waals surface area contributed by atoms with Crippen LogP contribution in [0.5, 0.6) is 5.75 Å². The molecule has 0 fully saturated rings. The number of aryl methyl sites for hydroxylation is 1. The maximum absolute atomic E-state index is 11.8. The molecule has 0 aliphatic heterocycles. The maximum Gasteiger partial charge on any atom is 0.262 e. The Labute approximate surface area is 129 Å². The number of carbonyl (C=O) groups excluding carboxylic acids is 2. The minimum absolute atomic E-state index is 0.0317. The number of carbonyl (C=O) groups is 2. The predicted octanol–water partition coefficient (Wildman–Crippen LogP) is 2.15. The third-order valence-corrected chi connectivity index (χ3v) is 3.04. The average molecular weight is 298 g/mol. The molecule has 0 saturated heterocycles. The molecular formula is C17H18N2O3. The van der Waals surface area contributed by atoms with E-state index in [1.807, 2.05) is 25.1 Å². The lowest BCUT2D eigenvalue weighted by atomic mass is 10.1. The number of Topliss-reactive ketones (excluding diaryl/α,β-unsaturated/α-hetero) is 1. The molecule has 0 unspecified atom stereocenters. The molecule has 5 heteroatoms. The topological polar surface area (TPSA) is 81.4 Å². The molecule has 22 heavy (non-hydrogen) atoms. The lowest BCUT2D eigenvalue weighted by molar-refractivity contribution is -0.118. The van der Waals surface area contributed by atoms with Gasteiger partial charge in [0, 0.05) is 11.3 Å².